The van der Waals surface area contributed by atoms with Crippen molar-refractivity contribution in [2.24, 2.45) is 0 Å². The van der Waals surface area contributed by atoms with Crippen LogP contribution in [-0.2, 0) is 6.42 Å². The summed E-state index contributed by atoms with van der Waals surface area (Å²) >= 11 is 0. The predicted octanol–water partition coefficient (Wildman–Crippen LogP) is 1.55. The number of hydrogen-bond acceptors (Lipinski definition) is 3. The summed E-state index contributed by atoms with van der Waals surface area (Å²) in [4.78, 5) is 0. The molecule has 0 unspecified atom stereocenters. The minimum absolute atomic E-state index is 0.149. The molecule has 0 saturated carbocycles. The molecule has 1 aromatic carbocycles. The SMILES string of the molecule is Oc1ccc2c(c1O)OC=CC2. The molecule has 1 aliphatic heterocycles. The summed E-state index contributed by atoms with van der Waals surface area (Å²) < 4.78 is 5.04. The molecule has 0 atom stereocenters. The molecule has 3 heteroatoms. The molecule has 0 radical (unpaired) electrons. The summed E-state index contributed by atoms with van der Waals surface area (Å²) in [7, 11) is 0. The van der Waals surface area contributed by atoms with Crippen molar-refractivity contribution < 1.29 is 14.9 Å². The van der Waals surface area contributed by atoms with Gasteiger partial charge in [0.05, 0.1) is 6.26 Å². The van der Waals surface area contributed by atoms with Gasteiger partial charge >= 0.3 is 0 Å². The van der Waals surface area contributed by atoms with E-state index in [4.69, 9.17) is 9.84 Å². The number of hydrogen-bond donors (Lipinski definition) is 2. The van der Waals surface area contributed by atoms with Gasteiger partial charge in [0.2, 0.25) is 5.75 Å². The van der Waals surface area contributed by atoms with E-state index in [9.17, 15) is 5.11 Å². The molecule has 0 saturated heterocycles. The van der Waals surface area contributed by atoms with E-state index in [0.717, 1.165) is 12.0 Å². The standard InChI is InChI=1S/C9H8O3/c10-7-4-3-6-2-1-5-12-9(6)8(7)11/h1,3-5,10-11H,2H2. The Bertz CT molecular complexity index is 342. The molecule has 2 rings (SSSR count). The van der Waals surface area contributed by atoms with Crippen LogP contribution in [0, 0.1) is 0 Å². The van der Waals surface area contributed by atoms with Crippen LogP contribution in [0.1, 0.15) is 5.56 Å². The molecule has 1 aromatic rings. The first kappa shape index (κ1) is 7.03. The number of phenolic OH excluding ortho intramolecular Hbond substituents is 2. The van der Waals surface area contributed by atoms with E-state index in [1.54, 1.807) is 6.07 Å². The summed E-state index contributed by atoms with van der Waals surface area (Å²) in [6.07, 6.45) is 4.07. The first-order valence-electron chi connectivity index (χ1n) is 3.64. The Balaban J connectivity index is 2.58. The Morgan fingerprint density at radius 3 is 2.92 bits per heavy atom. The highest BCUT2D eigenvalue weighted by molar-refractivity contribution is 5.55. The van der Waals surface area contributed by atoms with Crippen LogP contribution in [0.2, 0.25) is 0 Å². The second-order valence-corrected chi connectivity index (χ2v) is 2.62. The Hall–Kier alpha value is -1.64. The molecular formula is C9H8O3. The molecule has 0 aromatic heterocycles. The van der Waals surface area contributed by atoms with Crippen molar-refractivity contribution in [1.29, 1.82) is 0 Å². The third kappa shape index (κ3) is 0.906. The highest BCUT2D eigenvalue weighted by Crippen LogP contribution is 2.39. The van der Waals surface area contributed by atoms with Gasteiger partial charge in [-0.05, 0) is 18.6 Å². The van der Waals surface area contributed by atoms with Gasteiger partial charge in [0.25, 0.3) is 0 Å². The fourth-order valence-electron chi connectivity index (χ4n) is 1.19. The van der Waals surface area contributed by atoms with E-state index in [-0.39, 0.29) is 11.5 Å². The second-order valence-electron chi connectivity index (χ2n) is 2.62. The van der Waals surface area contributed by atoms with Crippen molar-refractivity contribution in [3.8, 4) is 17.2 Å². The van der Waals surface area contributed by atoms with Gasteiger partial charge in [-0.25, -0.2) is 0 Å². The Labute approximate surface area is 69.5 Å². The number of allylic oxidation sites excluding steroid dienone is 1. The monoisotopic (exact) mass is 164 g/mol. The van der Waals surface area contributed by atoms with Crippen LogP contribution >= 0.6 is 0 Å². The quantitative estimate of drug-likeness (QED) is 0.572. The minimum atomic E-state index is -0.183. The largest absolute Gasteiger partial charge is 0.504 e. The number of fused-ring (bicyclic) bond motifs is 1. The molecule has 2 N–H and O–H groups in total. The average Bonchev–Trinajstić information content (AvgIpc) is 2.12. The summed E-state index contributed by atoms with van der Waals surface area (Å²) in [5.74, 6) is 0.0263. The van der Waals surface area contributed by atoms with Crippen LogP contribution < -0.4 is 4.74 Å². The van der Waals surface area contributed by atoms with Crippen molar-refractivity contribution in [2.45, 2.75) is 6.42 Å². The Morgan fingerprint density at radius 2 is 2.08 bits per heavy atom. The van der Waals surface area contributed by atoms with Crippen LogP contribution in [-0.4, -0.2) is 10.2 Å². The topological polar surface area (TPSA) is 49.7 Å². The molecule has 1 heterocycles. The van der Waals surface area contributed by atoms with E-state index in [2.05, 4.69) is 0 Å². The predicted molar refractivity (Wildman–Crippen MR) is 43.2 cm³/mol. The molecule has 1 aliphatic rings. The molecular weight excluding hydrogens is 156 g/mol. The minimum Gasteiger partial charge on any atom is -0.504 e. The summed E-state index contributed by atoms with van der Waals surface area (Å²) in [5.41, 5.74) is 0.882. The summed E-state index contributed by atoms with van der Waals surface area (Å²) in [6, 6.07) is 3.19. The number of benzene rings is 1. The number of ether oxygens (including phenoxy) is 1. The molecule has 0 amide bonds. The molecule has 0 spiro atoms. The second kappa shape index (κ2) is 2.44. The zero-order valence-electron chi connectivity index (χ0n) is 6.32. The maximum absolute atomic E-state index is 9.33. The average molecular weight is 164 g/mol. The number of phenols is 2. The lowest BCUT2D eigenvalue weighted by atomic mass is 10.1. The zero-order chi connectivity index (χ0) is 8.55. The van der Waals surface area contributed by atoms with E-state index < -0.39 is 0 Å². The maximum atomic E-state index is 9.33. The Morgan fingerprint density at radius 1 is 1.25 bits per heavy atom. The van der Waals surface area contributed by atoms with Gasteiger partial charge in [-0.1, -0.05) is 6.07 Å². The van der Waals surface area contributed by atoms with E-state index >= 15 is 0 Å². The van der Waals surface area contributed by atoms with Crippen molar-refractivity contribution in [2.75, 3.05) is 0 Å². The molecule has 3 nitrogen and oxygen atoms in total. The van der Waals surface area contributed by atoms with Gasteiger partial charge in [-0.3, -0.25) is 0 Å². The molecule has 0 fully saturated rings. The fraction of sp³-hybridized carbons (Fsp3) is 0.111. The van der Waals surface area contributed by atoms with Crippen molar-refractivity contribution in [3.63, 3.8) is 0 Å². The molecule has 62 valence electrons. The number of aromatic hydroxyl groups is 2. The summed E-state index contributed by atoms with van der Waals surface area (Å²) in [6.45, 7) is 0. The van der Waals surface area contributed by atoms with Gasteiger partial charge in [-0.15, -0.1) is 0 Å². The third-order valence-corrected chi connectivity index (χ3v) is 1.81. The fourth-order valence-corrected chi connectivity index (χ4v) is 1.19. The molecule has 0 bridgehead atoms. The Kier molecular flexibility index (Phi) is 1.43. The molecule has 0 aliphatic carbocycles. The van der Waals surface area contributed by atoms with Crippen LogP contribution in [0.3, 0.4) is 0 Å². The van der Waals surface area contributed by atoms with Crippen molar-refractivity contribution >= 4 is 0 Å². The normalized spacial score (nSPS) is 13.7. The molecule has 12 heavy (non-hydrogen) atoms. The van der Waals surface area contributed by atoms with E-state index in [0.29, 0.717) is 5.75 Å². The van der Waals surface area contributed by atoms with Crippen molar-refractivity contribution in [1.82, 2.24) is 0 Å². The van der Waals surface area contributed by atoms with Crippen LogP contribution in [0.15, 0.2) is 24.5 Å². The van der Waals surface area contributed by atoms with Gasteiger partial charge in [0, 0.05) is 5.56 Å². The maximum Gasteiger partial charge on any atom is 0.201 e. The van der Waals surface area contributed by atoms with Gasteiger partial charge in [0.15, 0.2) is 11.5 Å². The lowest BCUT2D eigenvalue weighted by Gasteiger charge is -2.13. The van der Waals surface area contributed by atoms with Crippen molar-refractivity contribution in [3.05, 3.63) is 30.0 Å². The first-order chi connectivity index (χ1) is 5.79. The lowest BCUT2D eigenvalue weighted by Crippen LogP contribution is -1.96. The lowest BCUT2D eigenvalue weighted by molar-refractivity contribution is 0.367. The van der Waals surface area contributed by atoms with E-state index in [1.807, 2.05) is 6.08 Å². The van der Waals surface area contributed by atoms with Gasteiger partial charge < -0.3 is 14.9 Å². The summed E-state index contributed by atoms with van der Waals surface area (Å²) in [5, 5.41) is 18.5. The van der Waals surface area contributed by atoms with Gasteiger partial charge in [0.1, 0.15) is 0 Å². The highest BCUT2D eigenvalue weighted by Gasteiger charge is 2.14. The van der Waals surface area contributed by atoms with E-state index in [1.165, 1.54) is 12.3 Å². The van der Waals surface area contributed by atoms with Crippen LogP contribution in [0.5, 0.6) is 17.2 Å². The van der Waals surface area contributed by atoms with Crippen LogP contribution in [0.25, 0.3) is 0 Å². The first-order valence-corrected chi connectivity index (χ1v) is 3.64. The smallest absolute Gasteiger partial charge is 0.201 e. The highest BCUT2D eigenvalue weighted by atomic mass is 16.5. The number of rotatable bonds is 0. The third-order valence-electron chi connectivity index (χ3n) is 1.81. The zero-order valence-corrected chi connectivity index (χ0v) is 6.32. The van der Waals surface area contributed by atoms with Gasteiger partial charge in [-0.2, -0.15) is 0 Å². The van der Waals surface area contributed by atoms with Crippen LogP contribution in [0.4, 0.5) is 0 Å².